The molecule has 0 saturated carbocycles. The highest BCUT2D eigenvalue weighted by Crippen LogP contribution is 1.96. The van der Waals surface area contributed by atoms with Crippen LogP contribution >= 0.6 is 11.3 Å². The summed E-state index contributed by atoms with van der Waals surface area (Å²) < 4.78 is 1.84. The average Bonchev–Trinajstić information content (AvgIpc) is 2.52. The molecule has 1 atom stereocenters. The Labute approximate surface area is 87.3 Å². The lowest BCUT2D eigenvalue weighted by Gasteiger charge is -2.04. The molecule has 1 amide bonds. The molecule has 1 heterocycles. The van der Waals surface area contributed by atoms with Crippen LogP contribution in [0.15, 0.2) is 16.6 Å². The zero-order chi connectivity index (χ0) is 10.6. The molecule has 0 spiro atoms. The predicted molar refractivity (Wildman–Crippen MR) is 57.0 cm³/mol. The molecule has 0 aliphatic rings. The van der Waals surface area contributed by atoms with Crippen LogP contribution in [-0.4, -0.2) is 24.1 Å². The molecule has 78 valence electrons. The van der Waals surface area contributed by atoms with Crippen LogP contribution in [0.1, 0.15) is 6.92 Å². The van der Waals surface area contributed by atoms with Gasteiger partial charge in [-0.15, -0.1) is 11.3 Å². The van der Waals surface area contributed by atoms with Crippen molar-refractivity contribution in [3.63, 3.8) is 0 Å². The molecule has 0 aliphatic heterocycles. The van der Waals surface area contributed by atoms with Gasteiger partial charge in [-0.25, -0.2) is 0 Å². The smallest absolute Gasteiger partial charge is 0.252 e. The van der Waals surface area contributed by atoms with Gasteiger partial charge in [0.15, 0.2) is 4.80 Å². The van der Waals surface area contributed by atoms with E-state index in [0.717, 1.165) is 4.80 Å². The molecule has 1 rings (SSSR count). The molecule has 1 unspecified atom stereocenters. The number of carbonyl (C=O) groups excluding carboxylic acids is 1. The molecule has 0 radical (unpaired) electrons. The van der Waals surface area contributed by atoms with Gasteiger partial charge in [0, 0.05) is 31.1 Å². The minimum atomic E-state index is -0.0719. The van der Waals surface area contributed by atoms with Crippen LogP contribution in [0.4, 0.5) is 0 Å². The maximum Gasteiger partial charge on any atom is 0.252 e. The molecule has 1 aromatic rings. The number of hydrogen-bond donors (Lipinski definition) is 1. The standard InChI is InChI=1S/C9H15N3OS/c1-7(6-10-2)8(13)11-9-12(3)4-5-14-9/h4-5,7,10H,6H2,1-3H3. The summed E-state index contributed by atoms with van der Waals surface area (Å²) in [6.45, 7) is 2.54. The monoisotopic (exact) mass is 213 g/mol. The molecule has 0 bridgehead atoms. The number of hydrogen-bond acceptors (Lipinski definition) is 3. The maximum absolute atomic E-state index is 11.5. The number of rotatable bonds is 3. The van der Waals surface area contributed by atoms with Crippen LogP contribution in [0.25, 0.3) is 0 Å². The van der Waals surface area contributed by atoms with Crippen LogP contribution in [0.2, 0.25) is 0 Å². The molecule has 0 aromatic carbocycles. The molecular formula is C9H15N3OS. The Bertz CT molecular complexity index is 366. The first-order chi connectivity index (χ1) is 6.65. The molecule has 0 fully saturated rings. The Kier molecular flexibility index (Phi) is 4.03. The largest absolute Gasteiger partial charge is 0.327 e. The quantitative estimate of drug-likeness (QED) is 0.788. The fraction of sp³-hybridized carbons (Fsp3) is 0.556. The lowest BCUT2D eigenvalue weighted by atomic mass is 10.2. The van der Waals surface area contributed by atoms with E-state index in [2.05, 4.69) is 10.3 Å². The average molecular weight is 213 g/mol. The normalized spacial score (nSPS) is 14.4. The summed E-state index contributed by atoms with van der Waals surface area (Å²) in [5.74, 6) is -0.139. The summed E-state index contributed by atoms with van der Waals surface area (Å²) in [6.07, 6.45) is 1.89. The van der Waals surface area contributed by atoms with Gasteiger partial charge in [-0.3, -0.25) is 4.79 Å². The number of nitrogens with one attached hydrogen (secondary N) is 1. The predicted octanol–water partition coefficient (Wildman–Crippen LogP) is 0.369. The molecule has 0 aliphatic carbocycles. The Balaban J connectivity index is 2.78. The van der Waals surface area contributed by atoms with Gasteiger partial charge < -0.3 is 9.88 Å². The van der Waals surface area contributed by atoms with Crippen molar-refractivity contribution in [3.8, 4) is 0 Å². The van der Waals surface area contributed by atoms with E-state index in [1.807, 2.05) is 37.2 Å². The van der Waals surface area contributed by atoms with Crippen molar-refractivity contribution in [3.05, 3.63) is 16.4 Å². The van der Waals surface area contributed by atoms with Crippen LogP contribution in [0.5, 0.6) is 0 Å². The van der Waals surface area contributed by atoms with Crippen molar-refractivity contribution in [2.24, 2.45) is 18.0 Å². The Morgan fingerprint density at radius 2 is 2.50 bits per heavy atom. The van der Waals surface area contributed by atoms with Crippen LogP contribution in [0.3, 0.4) is 0 Å². The molecule has 0 saturated heterocycles. The van der Waals surface area contributed by atoms with Crippen molar-refractivity contribution < 1.29 is 4.79 Å². The minimum absolute atomic E-state index is 0.0675. The van der Waals surface area contributed by atoms with Gasteiger partial charge in [0.25, 0.3) is 5.91 Å². The lowest BCUT2D eigenvalue weighted by Crippen LogP contribution is -2.24. The maximum atomic E-state index is 11.5. The zero-order valence-corrected chi connectivity index (χ0v) is 9.47. The van der Waals surface area contributed by atoms with Crippen LogP contribution in [-0.2, 0) is 11.8 Å². The van der Waals surface area contributed by atoms with E-state index >= 15 is 0 Å². The summed E-state index contributed by atoms with van der Waals surface area (Å²) in [5, 5.41) is 4.87. The van der Waals surface area contributed by atoms with Gasteiger partial charge in [-0.05, 0) is 7.05 Å². The highest BCUT2D eigenvalue weighted by Gasteiger charge is 2.10. The fourth-order valence-corrected chi connectivity index (χ4v) is 1.77. The molecule has 4 nitrogen and oxygen atoms in total. The van der Waals surface area contributed by atoms with E-state index < -0.39 is 0 Å². The van der Waals surface area contributed by atoms with E-state index in [1.165, 1.54) is 11.3 Å². The fourth-order valence-electron chi connectivity index (χ4n) is 1.03. The molecule has 5 heteroatoms. The Morgan fingerprint density at radius 1 is 1.79 bits per heavy atom. The van der Waals surface area contributed by atoms with E-state index in [0.29, 0.717) is 6.54 Å². The van der Waals surface area contributed by atoms with Gasteiger partial charge >= 0.3 is 0 Å². The molecular weight excluding hydrogens is 198 g/mol. The third-order valence-electron chi connectivity index (χ3n) is 1.90. The van der Waals surface area contributed by atoms with Gasteiger partial charge in [-0.1, -0.05) is 6.92 Å². The van der Waals surface area contributed by atoms with Gasteiger partial charge in [0.2, 0.25) is 0 Å². The van der Waals surface area contributed by atoms with Gasteiger partial charge in [0.05, 0.1) is 0 Å². The number of thiazole rings is 1. The second-order valence-corrected chi connectivity index (χ2v) is 4.08. The van der Waals surface area contributed by atoms with Crippen molar-refractivity contribution in [1.29, 1.82) is 0 Å². The van der Waals surface area contributed by atoms with Crippen molar-refractivity contribution >= 4 is 17.2 Å². The van der Waals surface area contributed by atoms with Crippen LogP contribution in [0, 0.1) is 5.92 Å². The van der Waals surface area contributed by atoms with Gasteiger partial charge in [0.1, 0.15) is 0 Å². The summed E-state index contributed by atoms with van der Waals surface area (Å²) >= 11 is 1.47. The number of nitrogens with zero attached hydrogens (tertiary/aromatic N) is 2. The van der Waals surface area contributed by atoms with E-state index in [-0.39, 0.29) is 11.8 Å². The van der Waals surface area contributed by atoms with E-state index in [1.54, 1.807) is 0 Å². The molecule has 1 aromatic heterocycles. The van der Waals surface area contributed by atoms with Gasteiger partial charge in [-0.2, -0.15) is 4.99 Å². The first kappa shape index (κ1) is 11.1. The minimum Gasteiger partial charge on any atom is -0.327 e. The summed E-state index contributed by atoms with van der Waals surface area (Å²) in [7, 11) is 3.71. The third kappa shape index (κ3) is 2.78. The van der Waals surface area contributed by atoms with Crippen LogP contribution < -0.4 is 10.1 Å². The second kappa shape index (κ2) is 5.07. The third-order valence-corrected chi connectivity index (χ3v) is 2.75. The molecule has 1 N–H and O–H groups in total. The Hall–Kier alpha value is -0.940. The number of carbonyl (C=O) groups is 1. The SMILES string of the molecule is CNCC(C)C(=O)N=c1sccn1C. The van der Waals surface area contributed by atoms with Crippen molar-refractivity contribution in [2.45, 2.75) is 6.92 Å². The first-order valence-electron chi connectivity index (χ1n) is 4.48. The van der Waals surface area contributed by atoms with E-state index in [9.17, 15) is 4.79 Å². The zero-order valence-electron chi connectivity index (χ0n) is 8.65. The van der Waals surface area contributed by atoms with E-state index in [4.69, 9.17) is 0 Å². The van der Waals surface area contributed by atoms with Crippen molar-refractivity contribution in [1.82, 2.24) is 9.88 Å². The topological polar surface area (TPSA) is 46.4 Å². The second-order valence-electron chi connectivity index (χ2n) is 3.21. The molecule has 14 heavy (non-hydrogen) atoms. The first-order valence-corrected chi connectivity index (χ1v) is 5.36. The number of aryl methyl sites for hydroxylation is 1. The lowest BCUT2D eigenvalue weighted by molar-refractivity contribution is -0.121. The van der Waals surface area contributed by atoms with Crippen molar-refractivity contribution in [2.75, 3.05) is 13.6 Å². The highest BCUT2D eigenvalue weighted by atomic mass is 32.1. The summed E-state index contributed by atoms with van der Waals surface area (Å²) in [6, 6.07) is 0. The number of amides is 1. The summed E-state index contributed by atoms with van der Waals surface area (Å²) in [5.41, 5.74) is 0. The summed E-state index contributed by atoms with van der Waals surface area (Å²) in [4.78, 5) is 16.3. The number of aromatic nitrogens is 1. The highest BCUT2D eigenvalue weighted by molar-refractivity contribution is 7.07. The Morgan fingerprint density at radius 3 is 3.00 bits per heavy atom.